The van der Waals surface area contributed by atoms with E-state index in [0.29, 0.717) is 11.5 Å². The molecular weight excluding hydrogens is 140 g/mol. The molecule has 0 aromatic heterocycles. The van der Waals surface area contributed by atoms with Crippen molar-refractivity contribution in [3.8, 4) is 0 Å². The van der Waals surface area contributed by atoms with Crippen LogP contribution < -0.4 is 0 Å². The van der Waals surface area contributed by atoms with E-state index in [1.165, 1.54) is 0 Å². The number of rotatable bonds is 3. The summed E-state index contributed by atoms with van der Waals surface area (Å²) in [4.78, 5) is 0. The third-order valence-electron chi connectivity index (χ3n) is 0.955. The summed E-state index contributed by atoms with van der Waals surface area (Å²) in [5, 5.41) is 0. The maximum atomic E-state index is 11.0. The maximum absolute atomic E-state index is 11.0. The molecule has 0 aliphatic heterocycles. The van der Waals surface area contributed by atoms with Gasteiger partial charge >= 0.3 is 0 Å². The fourth-order valence-corrected chi connectivity index (χ4v) is 1.87. The zero-order valence-corrected chi connectivity index (χ0v) is 6.98. The highest BCUT2D eigenvalue weighted by Gasteiger charge is 1.97. The van der Waals surface area contributed by atoms with Crippen molar-refractivity contribution in [2.24, 2.45) is 0 Å². The maximum Gasteiger partial charge on any atom is 0.0308 e. The summed E-state index contributed by atoms with van der Waals surface area (Å²) in [6, 6.07) is 0. The molecule has 0 spiro atoms. The summed E-state index contributed by atoms with van der Waals surface area (Å²) in [5.41, 5.74) is 0. The Morgan fingerprint density at radius 3 is 2.12 bits per heavy atom. The molecule has 0 aliphatic rings. The second-order valence-corrected chi connectivity index (χ2v) is 6.03. The quantitative estimate of drug-likeness (QED) is 0.604. The second-order valence-electron chi connectivity index (χ2n) is 1.74. The first-order valence-electron chi connectivity index (χ1n) is 2.82. The predicted octanol–water partition coefficient (Wildman–Crippen LogP) is 1.16. The lowest BCUT2D eigenvalue weighted by Crippen LogP contribution is -2.05. The summed E-state index contributed by atoms with van der Waals surface area (Å²) in [6.07, 6.45) is 0.941. The summed E-state index contributed by atoms with van der Waals surface area (Å²) in [5.74, 6) is 1.36. The Hall–Kier alpha value is 0.370. The van der Waals surface area contributed by atoms with Crippen LogP contribution in [0.5, 0.6) is 0 Å². The van der Waals surface area contributed by atoms with E-state index in [1.807, 2.05) is 13.8 Å². The van der Waals surface area contributed by atoms with Crippen molar-refractivity contribution in [3.05, 3.63) is 0 Å². The van der Waals surface area contributed by atoms with Crippen LogP contribution in [0.1, 0.15) is 20.3 Å². The van der Waals surface area contributed by atoms with E-state index in [1.54, 1.807) is 0 Å². The largest absolute Gasteiger partial charge is 0.257 e. The molecule has 0 saturated carbocycles. The van der Waals surface area contributed by atoms with Gasteiger partial charge < -0.3 is 0 Å². The lowest BCUT2D eigenvalue weighted by Gasteiger charge is -1.97. The molecule has 0 aromatic rings. The Bertz CT molecular complexity index is 135. The molecular formula is C5H12OS2. The van der Waals surface area contributed by atoms with Crippen LogP contribution in [0.15, 0.2) is 0 Å². The summed E-state index contributed by atoms with van der Waals surface area (Å²) >= 11 is 4.77. The van der Waals surface area contributed by atoms with E-state index < -0.39 is 8.49 Å². The molecule has 0 rings (SSSR count). The van der Waals surface area contributed by atoms with Crippen LogP contribution in [0.25, 0.3) is 0 Å². The smallest absolute Gasteiger partial charge is 0.0308 e. The molecule has 0 radical (unpaired) electrons. The minimum Gasteiger partial charge on any atom is -0.257 e. The molecule has 0 N–H and O–H groups in total. The zero-order valence-electron chi connectivity index (χ0n) is 5.35. The van der Waals surface area contributed by atoms with Gasteiger partial charge in [-0.15, -0.1) is 0 Å². The second kappa shape index (κ2) is 3.41. The molecule has 3 heteroatoms. The van der Waals surface area contributed by atoms with Gasteiger partial charge in [-0.1, -0.05) is 13.8 Å². The van der Waals surface area contributed by atoms with Gasteiger partial charge in [-0.25, -0.2) is 0 Å². The molecule has 0 fully saturated rings. The van der Waals surface area contributed by atoms with Crippen molar-refractivity contribution in [1.29, 1.82) is 0 Å². The van der Waals surface area contributed by atoms with Gasteiger partial charge in [0.15, 0.2) is 0 Å². The number of hydrogen-bond donors (Lipinski definition) is 0. The zero-order chi connectivity index (χ0) is 6.62. The van der Waals surface area contributed by atoms with E-state index in [9.17, 15) is 4.21 Å². The van der Waals surface area contributed by atoms with E-state index in [-0.39, 0.29) is 0 Å². The first-order chi connectivity index (χ1) is 3.62. The molecule has 1 nitrogen and oxygen atoms in total. The van der Waals surface area contributed by atoms with Crippen LogP contribution in [0.3, 0.4) is 0 Å². The fourth-order valence-electron chi connectivity index (χ4n) is 0.455. The lowest BCUT2D eigenvalue weighted by atomic mass is 10.6. The predicted molar refractivity (Wildman–Crippen MR) is 41.2 cm³/mol. The normalized spacial score (nSPS) is 17.8. The van der Waals surface area contributed by atoms with Gasteiger partial charge in [-0.05, 0) is 17.6 Å². The minimum atomic E-state index is -1.84. The van der Waals surface area contributed by atoms with E-state index >= 15 is 0 Å². The molecule has 8 heavy (non-hydrogen) atoms. The van der Waals surface area contributed by atoms with Crippen molar-refractivity contribution in [2.45, 2.75) is 20.3 Å². The Balaban J connectivity index is 3.76. The van der Waals surface area contributed by atoms with Gasteiger partial charge in [-0.2, -0.15) is 0 Å². The molecule has 0 aromatic carbocycles. The van der Waals surface area contributed by atoms with Crippen molar-refractivity contribution < 1.29 is 4.21 Å². The van der Waals surface area contributed by atoms with Crippen LogP contribution in [0.2, 0.25) is 0 Å². The Morgan fingerprint density at radius 2 is 2.00 bits per heavy atom. The Labute approximate surface area is 56.2 Å². The van der Waals surface area contributed by atoms with Crippen LogP contribution in [-0.2, 0) is 19.7 Å². The monoisotopic (exact) mass is 152 g/mol. The van der Waals surface area contributed by atoms with Crippen molar-refractivity contribution in [1.82, 2.24) is 0 Å². The van der Waals surface area contributed by atoms with E-state index in [4.69, 9.17) is 11.2 Å². The fraction of sp³-hybridized carbons (Fsp3) is 1.00. The SMILES string of the molecule is CCCS(=O)(=S)CC. The summed E-state index contributed by atoms with van der Waals surface area (Å²) in [7, 11) is -1.84. The highest BCUT2D eigenvalue weighted by atomic mass is 32.8. The van der Waals surface area contributed by atoms with E-state index in [2.05, 4.69) is 0 Å². The molecule has 1 atom stereocenters. The minimum absolute atomic E-state index is 0.649. The lowest BCUT2D eigenvalue weighted by molar-refractivity contribution is 0.681. The van der Waals surface area contributed by atoms with Crippen molar-refractivity contribution >= 4 is 19.7 Å². The van der Waals surface area contributed by atoms with Crippen LogP contribution >= 0.6 is 0 Å². The Morgan fingerprint density at radius 1 is 1.50 bits per heavy atom. The van der Waals surface area contributed by atoms with Gasteiger partial charge in [0.2, 0.25) is 0 Å². The van der Waals surface area contributed by atoms with Gasteiger partial charge in [0.05, 0.1) is 0 Å². The van der Waals surface area contributed by atoms with Crippen LogP contribution in [-0.4, -0.2) is 15.7 Å². The average Bonchev–Trinajstić information content (AvgIpc) is 1.67. The third-order valence-corrected chi connectivity index (χ3v) is 4.07. The van der Waals surface area contributed by atoms with Gasteiger partial charge in [0.25, 0.3) is 0 Å². The highest BCUT2D eigenvalue weighted by Crippen LogP contribution is 1.91. The molecule has 0 bridgehead atoms. The summed E-state index contributed by atoms with van der Waals surface area (Å²) in [6.45, 7) is 3.88. The van der Waals surface area contributed by atoms with E-state index in [0.717, 1.165) is 6.42 Å². The van der Waals surface area contributed by atoms with Gasteiger partial charge in [0.1, 0.15) is 0 Å². The third kappa shape index (κ3) is 3.38. The van der Waals surface area contributed by atoms with Gasteiger partial charge in [0, 0.05) is 20.0 Å². The van der Waals surface area contributed by atoms with Crippen LogP contribution in [0, 0.1) is 0 Å². The molecule has 0 aliphatic carbocycles. The first-order valence-corrected chi connectivity index (χ1v) is 5.65. The standard InChI is InChI=1S/C5H12OS2/c1-3-5-8(6,7)4-2/h3-5H2,1-2H3. The highest BCUT2D eigenvalue weighted by molar-refractivity contribution is 8.32. The van der Waals surface area contributed by atoms with Gasteiger partial charge in [-0.3, -0.25) is 4.21 Å². The molecule has 0 saturated heterocycles. The average molecular weight is 152 g/mol. The molecule has 50 valence electrons. The molecule has 0 amide bonds. The summed E-state index contributed by atoms with van der Waals surface area (Å²) < 4.78 is 11.0. The molecule has 0 heterocycles. The first kappa shape index (κ1) is 8.37. The molecule has 1 unspecified atom stereocenters. The topological polar surface area (TPSA) is 17.1 Å². The number of hydrogen-bond acceptors (Lipinski definition) is 2. The van der Waals surface area contributed by atoms with Crippen LogP contribution in [0.4, 0.5) is 0 Å². The Kier molecular flexibility index (Phi) is 3.56. The van der Waals surface area contributed by atoms with Crippen molar-refractivity contribution in [2.75, 3.05) is 11.5 Å². The van der Waals surface area contributed by atoms with Crippen molar-refractivity contribution in [3.63, 3.8) is 0 Å².